The van der Waals surface area contributed by atoms with Crippen LogP contribution in [0, 0.1) is 6.92 Å². The Labute approximate surface area is 121 Å². The summed E-state index contributed by atoms with van der Waals surface area (Å²) in [4.78, 5) is 4.58. The van der Waals surface area contributed by atoms with E-state index in [0.717, 1.165) is 35.1 Å². The Kier molecular flexibility index (Phi) is 3.21. The van der Waals surface area contributed by atoms with Crippen molar-refractivity contribution >= 4 is 22.8 Å². The molecule has 0 unspecified atom stereocenters. The van der Waals surface area contributed by atoms with Crippen molar-refractivity contribution in [2.45, 2.75) is 32.8 Å². The van der Waals surface area contributed by atoms with Gasteiger partial charge in [-0.15, -0.1) is 21.8 Å². The fourth-order valence-electron chi connectivity index (χ4n) is 2.45. The first-order valence-electron chi connectivity index (χ1n) is 6.47. The maximum Gasteiger partial charge on any atom is 0.159 e. The lowest BCUT2D eigenvalue weighted by Gasteiger charge is -2.08. The molecule has 3 aromatic heterocycles. The average Bonchev–Trinajstić information content (AvgIpc) is 3.08. The number of imidazole rings is 1. The fourth-order valence-corrected chi connectivity index (χ4v) is 2.66. The Morgan fingerprint density at radius 1 is 1.30 bits per heavy atom. The summed E-state index contributed by atoms with van der Waals surface area (Å²) < 4.78 is 5.89. The van der Waals surface area contributed by atoms with Crippen molar-refractivity contribution in [2.24, 2.45) is 7.05 Å². The number of rotatable bonds is 4. The number of hydrogen-bond acceptors (Lipinski definition) is 4. The van der Waals surface area contributed by atoms with Crippen molar-refractivity contribution in [2.75, 3.05) is 0 Å². The van der Waals surface area contributed by atoms with Gasteiger partial charge in [0.2, 0.25) is 0 Å². The first kappa shape index (κ1) is 13.1. The van der Waals surface area contributed by atoms with Gasteiger partial charge in [-0.05, 0) is 13.8 Å². The van der Waals surface area contributed by atoms with Crippen molar-refractivity contribution in [1.29, 1.82) is 0 Å². The Morgan fingerprint density at radius 2 is 2.10 bits per heavy atom. The highest BCUT2D eigenvalue weighted by Crippen LogP contribution is 2.21. The third kappa shape index (κ3) is 1.89. The molecule has 0 spiro atoms. The number of halogens is 1. The van der Waals surface area contributed by atoms with Gasteiger partial charge < -0.3 is 9.13 Å². The van der Waals surface area contributed by atoms with Gasteiger partial charge in [-0.2, -0.15) is 5.10 Å². The lowest BCUT2D eigenvalue weighted by molar-refractivity contribution is 0.632. The number of aromatic nitrogens is 7. The monoisotopic (exact) mass is 293 g/mol. The van der Waals surface area contributed by atoms with Gasteiger partial charge in [0.25, 0.3) is 0 Å². The predicted octanol–water partition coefficient (Wildman–Crippen LogP) is 1.48. The van der Waals surface area contributed by atoms with Gasteiger partial charge >= 0.3 is 0 Å². The molecule has 0 aliphatic carbocycles. The normalized spacial score (nSPS) is 11.6. The predicted molar refractivity (Wildman–Crippen MR) is 75.6 cm³/mol. The average molecular weight is 294 g/mol. The number of alkyl halides is 1. The van der Waals surface area contributed by atoms with Gasteiger partial charge in [0.1, 0.15) is 17.7 Å². The van der Waals surface area contributed by atoms with Gasteiger partial charge in [0.05, 0.1) is 18.1 Å². The molecule has 7 nitrogen and oxygen atoms in total. The fraction of sp³-hybridized carbons (Fsp3) is 0.500. The summed E-state index contributed by atoms with van der Waals surface area (Å²) in [7, 11) is 1.91. The molecule has 3 aromatic rings. The minimum absolute atomic E-state index is 0.356. The van der Waals surface area contributed by atoms with E-state index in [9.17, 15) is 0 Å². The molecule has 0 atom stereocenters. The molecule has 0 bridgehead atoms. The lowest BCUT2D eigenvalue weighted by Crippen LogP contribution is -2.12. The van der Waals surface area contributed by atoms with Crippen LogP contribution in [0.4, 0.5) is 0 Å². The van der Waals surface area contributed by atoms with Gasteiger partial charge in [-0.25, -0.2) is 4.98 Å². The summed E-state index contributed by atoms with van der Waals surface area (Å²) in [5, 5.41) is 12.5. The summed E-state index contributed by atoms with van der Waals surface area (Å²) in [6.45, 7) is 5.44. The molecule has 0 N–H and O–H groups in total. The van der Waals surface area contributed by atoms with E-state index in [1.54, 1.807) is 6.33 Å². The molecular weight excluding hydrogens is 278 g/mol. The molecule has 0 aliphatic heterocycles. The zero-order valence-corrected chi connectivity index (χ0v) is 12.5. The molecule has 0 saturated heterocycles. The van der Waals surface area contributed by atoms with Gasteiger partial charge in [-0.3, -0.25) is 4.68 Å². The number of nitrogens with zero attached hydrogens (tertiary/aromatic N) is 7. The maximum atomic E-state index is 6.02. The highest BCUT2D eigenvalue weighted by Gasteiger charge is 2.18. The van der Waals surface area contributed by atoms with Crippen molar-refractivity contribution in [1.82, 2.24) is 34.1 Å². The third-order valence-electron chi connectivity index (χ3n) is 3.42. The van der Waals surface area contributed by atoms with Crippen LogP contribution in [0.3, 0.4) is 0 Å². The lowest BCUT2D eigenvalue weighted by atomic mass is 10.4. The van der Waals surface area contributed by atoms with E-state index in [-0.39, 0.29) is 0 Å². The molecular formula is C12H16ClN7. The molecule has 0 saturated carbocycles. The van der Waals surface area contributed by atoms with Crippen LogP contribution in [0.1, 0.15) is 24.3 Å². The number of aryl methyl sites for hydroxylation is 3. The molecule has 0 radical (unpaired) electrons. The van der Waals surface area contributed by atoms with E-state index in [4.69, 9.17) is 11.6 Å². The molecule has 20 heavy (non-hydrogen) atoms. The maximum absolute atomic E-state index is 6.02. The minimum Gasteiger partial charge on any atom is -0.316 e. The number of hydrogen-bond donors (Lipinski definition) is 0. The van der Waals surface area contributed by atoms with Crippen molar-refractivity contribution in [3.05, 3.63) is 23.7 Å². The van der Waals surface area contributed by atoms with E-state index in [0.29, 0.717) is 12.4 Å². The molecule has 0 aliphatic rings. The van der Waals surface area contributed by atoms with Crippen LogP contribution in [-0.4, -0.2) is 34.1 Å². The highest BCUT2D eigenvalue weighted by molar-refractivity contribution is 6.16. The second-order valence-corrected chi connectivity index (χ2v) is 4.93. The first-order chi connectivity index (χ1) is 9.65. The Hall–Kier alpha value is -1.89. The SMILES string of the molecule is CCn1cnnc1Cn1c(CCl)nc2c(C)nn(C)c21. The van der Waals surface area contributed by atoms with E-state index in [1.807, 2.05) is 23.2 Å². The van der Waals surface area contributed by atoms with E-state index >= 15 is 0 Å². The Morgan fingerprint density at radius 3 is 2.80 bits per heavy atom. The molecule has 3 rings (SSSR count). The largest absolute Gasteiger partial charge is 0.316 e. The van der Waals surface area contributed by atoms with Crippen LogP contribution in [0.2, 0.25) is 0 Å². The van der Waals surface area contributed by atoms with Crippen molar-refractivity contribution in [3.63, 3.8) is 0 Å². The summed E-state index contributed by atoms with van der Waals surface area (Å²) in [5.74, 6) is 2.06. The summed E-state index contributed by atoms with van der Waals surface area (Å²) in [6.07, 6.45) is 1.73. The first-order valence-corrected chi connectivity index (χ1v) is 7.00. The Balaban J connectivity index is 2.14. The molecule has 0 amide bonds. The minimum atomic E-state index is 0.356. The summed E-state index contributed by atoms with van der Waals surface area (Å²) >= 11 is 6.02. The topological polar surface area (TPSA) is 66.3 Å². The second kappa shape index (κ2) is 4.90. The summed E-state index contributed by atoms with van der Waals surface area (Å²) in [5.41, 5.74) is 2.76. The quantitative estimate of drug-likeness (QED) is 0.683. The second-order valence-electron chi connectivity index (χ2n) is 4.66. The van der Waals surface area contributed by atoms with Crippen molar-refractivity contribution in [3.8, 4) is 0 Å². The van der Waals surface area contributed by atoms with Crippen LogP contribution >= 0.6 is 11.6 Å². The van der Waals surface area contributed by atoms with Crippen LogP contribution in [0.25, 0.3) is 11.2 Å². The molecule has 0 fully saturated rings. The number of fused-ring (bicyclic) bond motifs is 1. The smallest absolute Gasteiger partial charge is 0.159 e. The molecule has 8 heteroatoms. The van der Waals surface area contributed by atoms with Gasteiger partial charge in [-0.1, -0.05) is 0 Å². The van der Waals surface area contributed by atoms with E-state index < -0.39 is 0 Å². The van der Waals surface area contributed by atoms with Gasteiger partial charge in [0.15, 0.2) is 11.5 Å². The van der Waals surface area contributed by atoms with Crippen LogP contribution in [0.5, 0.6) is 0 Å². The van der Waals surface area contributed by atoms with Crippen LogP contribution in [0.15, 0.2) is 6.33 Å². The molecule has 3 heterocycles. The molecule has 106 valence electrons. The van der Waals surface area contributed by atoms with Gasteiger partial charge in [0, 0.05) is 13.6 Å². The Bertz CT molecular complexity index is 751. The highest BCUT2D eigenvalue weighted by atomic mass is 35.5. The molecule has 0 aromatic carbocycles. The standard InChI is InChI=1S/C12H16ClN7/c1-4-19-7-14-16-10(19)6-20-9(5-13)15-11-8(2)17-18(3)12(11)20/h7H,4-6H2,1-3H3. The zero-order valence-electron chi connectivity index (χ0n) is 11.7. The van der Waals surface area contributed by atoms with Crippen LogP contribution < -0.4 is 0 Å². The van der Waals surface area contributed by atoms with Crippen molar-refractivity contribution < 1.29 is 0 Å². The van der Waals surface area contributed by atoms with E-state index in [1.165, 1.54) is 0 Å². The third-order valence-corrected chi connectivity index (χ3v) is 3.66. The zero-order chi connectivity index (χ0) is 14.3. The van der Waals surface area contributed by atoms with Crippen LogP contribution in [-0.2, 0) is 26.0 Å². The summed E-state index contributed by atoms with van der Waals surface area (Å²) in [6, 6.07) is 0. The van der Waals surface area contributed by atoms with E-state index in [2.05, 4.69) is 31.8 Å².